The summed E-state index contributed by atoms with van der Waals surface area (Å²) in [6, 6.07) is 11.1. The van der Waals surface area contributed by atoms with Crippen LogP contribution in [0, 0.1) is 10.1 Å². The molecule has 0 aliphatic rings. The van der Waals surface area contributed by atoms with Gasteiger partial charge in [-0.15, -0.1) is 0 Å². The van der Waals surface area contributed by atoms with Gasteiger partial charge >= 0.3 is 5.69 Å². The Hall–Kier alpha value is -2.93. The molecule has 3 aromatic rings. The Bertz CT molecular complexity index is 882. The molecule has 2 heterocycles. The van der Waals surface area contributed by atoms with Crippen molar-refractivity contribution in [3.8, 4) is 0 Å². The highest BCUT2D eigenvalue weighted by Gasteiger charge is 2.19. The molecule has 1 unspecified atom stereocenters. The van der Waals surface area contributed by atoms with E-state index >= 15 is 0 Å². The number of nitro groups is 1. The lowest BCUT2D eigenvalue weighted by molar-refractivity contribution is -0.384. The van der Waals surface area contributed by atoms with E-state index < -0.39 is 4.92 Å². The molecule has 1 N–H and O–H groups in total. The van der Waals surface area contributed by atoms with Gasteiger partial charge in [0.15, 0.2) is 0 Å². The summed E-state index contributed by atoms with van der Waals surface area (Å²) in [5, 5.41) is 18.8. The van der Waals surface area contributed by atoms with E-state index in [0.717, 1.165) is 11.1 Å². The van der Waals surface area contributed by atoms with E-state index in [0.29, 0.717) is 6.54 Å². The van der Waals surface area contributed by atoms with E-state index in [1.165, 1.54) is 12.3 Å². The molecule has 0 aliphatic heterocycles. The fourth-order valence-corrected chi connectivity index (χ4v) is 2.58. The minimum absolute atomic E-state index is 0.156. The molecule has 0 amide bonds. The Morgan fingerprint density at radius 1 is 1.32 bits per heavy atom. The van der Waals surface area contributed by atoms with Crippen LogP contribution in [0.5, 0.6) is 0 Å². The van der Waals surface area contributed by atoms with E-state index in [-0.39, 0.29) is 22.6 Å². The normalized spacial score (nSPS) is 11.9. The molecule has 25 heavy (non-hydrogen) atoms. The highest BCUT2D eigenvalue weighted by molar-refractivity contribution is 6.30. The molecule has 1 aromatic carbocycles. The Kier molecular flexibility index (Phi) is 4.95. The first kappa shape index (κ1) is 16.9. The number of benzene rings is 1. The van der Waals surface area contributed by atoms with E-state index in [4.69, 9.17) is 11.6 Å². The third kappa shape index (κ3) is 4.13. The van der Waals surface area contributed by atoms with E-state index in [9.17, 15) is 10.1 Å². The van der Waals surface area contributed by atoms with Crippen molar-refractivity contribution in [3.05, 3.63) is 81.3 Å². The van der Waals surface area contributed by atoms with Gasteiger partial charge in [0.1, 0.15) is 0 Å². The van der Waals surface area contributed by atoms with Gasteiger partial charge in [-0.25, -0.2) is 4.98 Å². The highest BCUT2D eigenvalue weighted by atomic mass is 35.5. The van der Waals surface area contributed by atoms with Crippen molar-refractivity contribution in [2.75, 3.05) is 5.32 Å². The number of rotatable bonds is 6. The molecule has 3 rings (SSSR count). The highest BCUT2D eigenvalue weighted by Crippen LogP contribution is 2.28. The average Bonchev–Trinajstić information content (AvgIpc) is 3.06. The van der Waals surface area contributed by atoms with Gasteiger partial charge < -0.3 is 5.32 Å². The summed E-state index contributed by atoms with van der Waals surface area (Å²) in [4.78, 5) is 14.7. The van der Waals surface area contributed by atoms with Gasteiger partial charge in [-0.1, -0.05) is 41.9 Å². The maximum atomic E-state index is 11.1. The minimum atomic E-state index is -0.507. The standard InChI is InChI=1S/C17H16ClN5O2/c1-12(21-17-16(23(24)25)7-15(18)9-19-17)14-8-20-22(11-14)10-13-5-3-2-4-6-13/h2-9,11-12H,10H2,1H3,(H,19,21). The fraction of sp³-hybridized carbons (Fsp3) is 0.176. The average molecular weight is 358 g/mol. The molecular formula is C17H16ClN5O2. The first-order valence-electron chi connectivity index (χ1n) is 7.65. The lowest BCUT2D eigenvalue weighted by atomic mass is 10.2. The molecule has 128 valence electrons. The van der Waals surface area contributed by atoms with Crippen molar-refractivity contribution in [1.29, 1.82) is 0 Å². The van der Waals surface area contributed by atoms with Crippen LogP contribution in [0.4, 0.5) is 11.5 Å². The number of hydrogen-bond donors (Lipinski definition) is 1. The number of pyridine rings is 1. The van der Waals surface area contributed by atoms with Crippen LogP contribution in [-0.4, -0.2) is 19.7 Å². The second-order valence-corrected chi connectivity index (χ2v) is 6.04. The SMILES string of the molecule is CC(Nc1ncc(Cl)cc1[N+](=O)[O-])c1cnn(Cc2ccccc2)c1. The first-order chi connectivity index (χ1) is 12.0. The third-order valence-electron chi connectivity index (χ3n) is 3.72. The summed E-state index contributed by atoms with van der Waals surface area (Å²) >= 11 is 5.79. The molecule has 7 nitrogen and oxygen atoms in total. The Morgan fingerprint density at radius 2 is 2.08 bits per heavy atom. The van der Waals surface area contributed by atoms with Gasteiger partial charge in [-0.05, 0) is 12.5 Å². The maximum absolute atomic E-state index is 11.1. The zero-order valence-corrected chi connectivity index (χ0v) is 14.2. The Morgan fingerprint density at radius 3 is 2.80 bits per heavy atom. The summed E-state index contributed by atoms with van der Waals surface area (Å²) in [5.41, 5.74) is 1.89. The van der Waals surface area contributed by atoms with Crippen molar-refractivity contribution in [2.45, 2.75) is 19.5 Å². The van der Waals surface area contributed by atoms with E-state index in [1.807, 2.05) is 48.1 Å². The first-order valence-corrected chi connectivity index (χ1v) is 8.03. The van der Waals surface area contributed by atoms with Gasteiger partial charge in [-0.3, -0.25) is 14.8 Å². The minimum Gasteiger partial charge on any atom is -0.358 e. The van der Waals surface area contributed by atoms with Crippen LogP contribution in [0.3, 0.4) is 0 Å². The molecule has 8 heteroatoms. The van der Waals surface area contributed by atoms with Crippen LogP contribution in [0.1, 0.15) is 24.1 Å². The van der Waals surface area contributed by atoms with Crippen molar-refractivity contribution in [2.24, 2.45) is 0 Å². The van der Waals surface area contributed by atoms with Gasteiger partial charge in [0.2, 0.25) is 5.82 Å². The van der Waals surface area contributed by atoms with Crippen LogP contribution in [-0.2, 0) is 6.54 Å². The summed E-state index contributed by atoms with van der Waals surface area (Å²) < 4.78 is 1.83. The second-order valence-electron chi connectivity index (χ2n) is 5.60. The van der Waals surface area contributed by atoms with E-state index in [2.05, 4.69) is 15.4 Å². The number of halogens is 1. The third-order valence-corrected chi connectivity index (χ3v) is 3.93. The van der Waals surface area contributed by atoms with Gasteiger partial charge in [0, 0.05) is 24.0 Å². The number of nitrogens with zero attached hydrogens (tertiary/aromatic N) is 4. The van der Waals surface area contributed by atoms with Crippen molar-refractivity contribution in [1.82, 2.24) is 14.8 Å². The molecule has 0 spiro atoms. The molecule has 0 saturated carbocycles. The molecule has 0 radical (unpaired) electrons. The number of aromatic nitrogens is 3. The van der Waals surface area contributed by atoms with Gasteiger partial charge in [0.05, 0.1) is 28.7 Å². The van der Waals surface area contributed by atoms with Crippen molar-refractivity contribution < 1.29 is 4.92 Å². The predicted molar refractivity (Wildman–Crippen MR) is 95.7 cm³/mol. The smallest absolute Gasteiger partial charge is 0.312 e. The predicted octanol–water partition coefficient (Wildman–Crippen LogP) is 4.06. The molecule has 0 bridgehead atoms. The van der Waals surface area contributed by atoms with Gasteiger partial charge in [0.25, 0.3) is 0 Å². The molecule has 0 fully saturated rings. The largest absolute Gasteiger partial charge is 0.358 e. The second kappa shape index (κ2) is 7.31. The quantitative estimate of drug-likeness (QED) is 0.531. The molecule has 0 saturated heterocycles. The molecule has 0 aliphatic carbocycles. The summed E-state index contributed by atoms with van der Waals surface area (Å²) in [6.45, 7) is 2.55. The van der Waals surface area contributed by atoms with Crippen LogP contribution in [0.25, 0.3) is 0 Å². The van der Waals surface area contributed by atoms with Crippen LogP contribution in [0.2, 0.25) is 5.02 Å². The maximum Gasteiger partial charge on any atom is 0.312 e. The number of nitrogens with one attached hydrogen (secondary N) is 1. The monoisotopic (exact) mass is 357 g/mol. The molecule has 2 aromatic heterocycles. The van der Waals surface area contributed by atoms with Crippen molar-refractivity contribution >= 4 is 23.1 Å². The van der Waals surface area contributed by atoms with Crippen LogP contribution in [0.15, 0.2) is 55.0 Å². The molecule has 1 atom stereocenters. The Labute approximate surface area is 149 Å². The fourth-order valence-electron chi connectivity index (χ4n) is 2.43. The van der Waals surface area contributed by atoms with Crippen molar-refractivity contribution in [3.63, 3.8) is 0 Å². The Balaban J connectivity index is 1.74. The number of anilines is 1. The van der Waals surface area contributed by atoms with Crippen LogP contribution >= 0.6 is 11.6 Å². The zero-order chi connectivity index (χ0) is 17.8. The topological polar surface area (TPSA) is 85.9 Å². The lowest BCUT2D eigenvalue weighted by Crippen LogP contribution is -2.09. The zero-order valence-electron chi connectivity index (χ0n) is 13.5. The number of hydrogen-bond acceptors (Lipinski definition) is 5. The summed E-state index contributed by atoms with van der Waals surface area (Å²) in [7, 11) is 0. The van der Waals surface area contributed by atoms with E-state index in [1.54, 1.807) is 6.20 Å². The lowest BCUT2D eigenvalue weighted by Gasteiger charge is -2.12. The molecular weight excluding hydrogens is 342 g/mol. The van der Waals surface area contributed by atoms with Gasteiger partial charge in [-0.2, -0.15) is 5.10 Å². The van der Waals surface area contributed by atoms with Crippen LogP contribution < -0.4 is 5.32 Å². The summed E-state index contributed by atoms with van der Waals surface area (Å²) in [6.07, 6.45) is 5.03. The summed E-state index contributed by atoms with van der Waals surface area (Å²) in [5.74, 6) is 0.178.